The van der Waals surface area contributed by atoms with Crippen LogP contribution in [-0.4, -0.2) is 26.4 Å². The van der Waals surface area contributed by atoms with Crippen molar-refractivity contribution >= 4 is 16.3 Å². The molecule has 2 heterocycles. The van der Waals surface area contributed by atoms with Crippen LogP contribution in [0.15, 0.2) is 0 Å². The average molecular weight is 279 g/mol. The third-order valence-corrected chi connectivity index (χ3v) is 4.50. The summed E-state index contributed by atoms with van der Waals surface area (Å²) >= 11 is 1.64. The Balaban J connectivity index is 1.73. The van der Waals surface area contributed by atoms with Gasteiger partial charge in [-0.05, 0) is 25.3 Å². The fraction of sp³-hybridized carbons (Fsp3) is 0.769. The minimum atomic E-state index is 0.563. The van der Waals surface area contributed by atoms with E-state index in [1.807, 2.05) is 4.52 Å². The van der Waals surface area contributed by atoms with Gasteiger partial charge in [-0.2, -0.15) is 9.61 Å². The van der Waals surface area contributed by atoms with Crippen molar-refractivity contribution in [3.8, 4) is 0 Å². The molecule has 3 rings (SSSR count). The van der Waals surface area contributed by atoms with Crippen LogP contribution < -0.4 is 5.32 Å². The van der Waals surface area contributed by atoms with E-state index in [-0.39, 0.29) is 0 Å². The number of hydrogen-bond donors (Lipinski definition) is 1. The van der Waals surface area contributed by atoms with Crippen LogP contribution in [0.4, 0.5) is 0 Å². The first kappa shape index (κ1) is 13.0. The second-order valence-electron chi connectivity index (χ2n) is 5.75. The lowest BCUT2D eigenvalue weighted by Gasteiger charge is -2.05. The van der Waals surface area contributed by atoms with Gasteiger partial charge in [0.25, 0.3) is 0 Å². The molecule has 0 aliphatic heterocycles. The van der Waals surface area contributed by atoms with Crippen molar-refractivity contribution in [3.63, 3.8) is 0 Å². The number of rotatable bonds is 5. The van der Waals surface area contributed by atoms with Gasteiger partial charge >= 0.3 is 0 Å². The Labute approximate surface area is 117 Å². The highest BCUT2D eigenvalue weighted by molar-refractivity contribution is 7.16. The van der Waals surface area contributed by atoms with Crippen LogP contribution in [0.1, 0.15) is 56.3 Å². The number of hydrogen-bond acceptors (Lipinski definition) is 5. The maximum atomic E-state index is 4.66. The monoisotopic (exact) mass is 279 g/mol. The van der Waals surface area contributed by atoms with E-state index in [0.29, 0.717) is 11.8 Å². The second kappa shape index (κ2) is 5.54. The average Bonchev–Trinajstić information content (AvgIpc) is 3.01. The van der Waals surface area contributed by atoms with E-state index in [9.17, 15) is 0 Å². The second-order valence-corrected chi connectivity index (χ2v) is 6.80. The molecule has 0 saturated heterocycles. The van der Waals surface area contributed by atoms with Crippen LogP contribution in [0.3, 0.4) is 0 Å². The van der Waals surface area contributed by atoms with Gasteiger partial charge in [-0.3, -0.25) is 0 Å². The molecule has 1 N–H and O–H groups in total. The van der Waals surface area contributed by atoms with Crippen LogP contribution in [0.5, 0.6) is 0 Å². The van der Waals surface area contributed by atoms with E-state index in [4.69, 9.17) is 0 Å². The molecule has 1 aliphatic rings. The summed E-state index contributed by atoms with van der Waals surface area (Å²) in [5.41, 5.74) is 0. The van der Waals surface area contributed by atoms with Gasteiger partial charge < -0.3 is 5.32 Å². The molecule has 0 unspecified atom stereocenters. The third-order valence-electron chi connectivity index (χ3n) is 3.61. The predicted octanol–water partition coefficient (Wildman–Crippen LogP) is 2.59. The summed E-state index contributed by atoms with van der Waals surface area (Å²) < 4.78 is 1.97. The van der Waals surface area contributed by atoms with Crippen LogP contribution in [0.2, 0.25) is 0 Å². The van der Waals surface area contributed by atoms with Crippen LogP contribution in [0, 0.1) is 5.92 Å². The molecule has 6 heteroatoms. The first-order valence-electron chi connectivity index (χ1n) is 7.16. The highest BCUT2D eigenvalue weighted by Gasteiger charge is 2.23. The van der Waals surface area contributed by atoms with Gasteiger partial charge in [0.1, 0.15) is 5.01 Å². The molecule has 1 saturated carbocycles. The van der Waals surface area contributed by atoms with E-state index in [2.05, 4.69) is 34.5 Å². The molecular weight excluding hydrogens is 258 g/mol. The van der Waals surface area contributed by atoms with Gasteiger partial charge in [0.2, 0.25) is 4.96 Å². The summed E-state index contributed by atoms with van der Waals surface area (Å²) in [5.74, 6) is 2.30. The Morgan fingerprint density at radius 1 is 1.32 bits per heavy atom. The topological polar surface area (TPSA) is 55.1 Å². The minimum absolute atomic E-state index is 0.563. The largest absolute Gasteiger partial charge is 0.310 e. The Bertz CT molecular complexity index is 538. The van der Waals surface area contributed by atoms with Crippen molar-refractivity contribution in [2.45, 2.75) is 52.0 Å². The Kier molecular flexibility index (Phi) is 3.79. The Morgan fingerprint density at radius 2 is 2.11 bits per heavy atom. The van der Waals surface area contributed by atoms with E-state index < -0.39 is 0 Å². The van der Waals surface area contributed by atoms with E-state index in [1.165, 1.54) is 25.7 Å². The molecule has 2 aromatic rings. The van der Waals surface area contributed by atoms with Crippen molar-refractivity contribution in [1.82, 2.24) is 25.1 Å². The summed E-state index contributed by atoms with van der Waals surface area (Å²) in [5, 5.41) is 17.8. The highest BCUT2D eigenvalue weighted by atomic mass is 32.1. The van der Waals surface area contributed by atoms with Crippen molar-refractivity contribution < 1.29 is 0 Å². The van der Waals surface area contributed by atoms with Crippen molar-refractivity contribution in [1.29, 1.82) is 0 Å². The van der Waals surface area contributed by atoms with Gasteiger partial charge in [0, 0.05) is 12.5 Å². The lowest BCUT2D eigenvalue weighted by molar-refractivity contribution is 0.547. The molecule has 0 aromatic carbocycles. The lowest BCUT2D eigenvalue weighted by atomic mass is 10.1. The smallest absolute Gasteiger partial charge is 0.234 e. The van der Waals surface area contributed by atoms with E-state index in [1.54, 1.807) is 11.3 Å². The zero-order chi connectivity index (χ0) is 13.2. The number of nitrogens with one attached hydrogen (secondary N) is 1. The number of nitrogens with zero attached hydrogens (tertiary/aromatic N) is 4. The fourth-order valence-corrected chi connectivity index (χ4v) is 3.46. The Hall–Kier alpha value is -1.01. The first-order valence-corrected chi connectivity index (χ1v) is 7.97. The molecule has 5 nitrogen and oxygen atoms in total. The molecule has 2 aromatic heterocycles. The maximum absolute atomic E-state index is 4.66. The quantitative estimate of drug-likeness (QED) is 0.914. The van der Waals surface area contributed by atoms with Crippen molar-refractivity contribution in [2.24, 2.45) is 5.92 Å². The Morgan fingerprint density at radius 3 is 2.84 bits per heavy atom. The molecule has 0 atom stereocenters. The zero-order valence-corrected chi connectivity index (χ0v) is 12.4. The van der Waals surface area contributed by atoms with E-state index >= 15 is 0 Å². The summed E-state index contributed by atoms with van der Waals surface area (Å²) in [6, 6.07) is 0. The molecule has 0 bridgehead atoms. The summed E-state index contributed by atoms with van der Waals surface area (Å²) in [4.78, 5) is 0.934. The third kappa shape index (κ3) is 2.79. The van der Waals surface area contributed by atoms with Crippen molar-refractivity contribution in [2.75, 3.05) is 6.54 Å². The SMILES string of the molecule is CC(C)CNCc1nn2c(C3CCCC3)nnc2s1. The zero-order valence-electron chi connectivity index (χ0n) is 11.6. The molecule has 0 amide bonds. The number of aromatic nitrogens is 4. The van der Waals surface area contributed by atoms with Gasteiger partial charge in [0.05, 0.1) is 0 Å². The maximum Gasteiger partial charge on any atom is 0.234 e. The van der Waals surface area contributed by atoms with Crippen LogP contribution in [0.25, 0.3) is 4.96 Å². The summed E-state index contributed by atoms with van der Waals surface area (Å²) in [7, 11) is 0. The molecule has 0 spiro atoms. The minimum Gasteiger partial charge on any atom is -0.310 e. The van der Waals surface area contributed by atoms with Gasteiger partial charge in [-0.1, -0.05) is 38.0 Å². The molecule has 1 aliphatic carbocycles. The molecule has 104 valence electrons. The normalized spacial score (nSPS) is 17.0. The van der Waals surface area contributed by atoms with Crippen LogP contribution in [-0.2, 0) is 6.54 Å². The van der Waals surface area contributed by atoms with Gasteiger partial charge in [0.15, 0.2) is 5.82 Å². The lowest BCUT2D eigenvalue weighted by Crippen LogP contribution is -2.19. The number of fused-ring (bicyclic) bond motifs is 1. The molecule has 1 fully saturated rings. The van der Waals surface area contributed by atoms with Crippen LogP contribution >= 0.6 is 11.3 Å². The van der Waals surface area contributed by atoms with E-state index in [0.717, 1.165) is 28.9 Å². The van der Waals surface area contributed by atoms with Crippen molar-refractivity contribution in [3.05, 3.63) is 10.8 Å². The summed E-state index contributed by atoms with van der Waals surface area (Å²) in [6.07, 6.45) is 5.09. The summed E-state index contributed by atoms with van der Waals surface area (Å²) in [6.45, 7) is 6.28. The predicted molar refractivity (Wildman–Crippen MR) is 76.4 cm³/mol. The molecule has 19 heavy (non-hydrogen) atoms. The standard InChI is InChI=1S/C13H21N5S/c1-9(2)7-14-8-11-17-18-12(10-5-3-4-6-10)15-16-13(18)19-11/h9-10,14H,3-8H2,1-2H3. The molecule has 0 radical (unpaired) electrons. The fourth-order valence-electron chi connectivity index (χ4n) is 2.65. The molecular formula is C13H21N5S. The van der Waals surface area contributed by atoms with Gasteiger partial charge in [-0.15, -0.1) is 10.2 Å². The first-order chi connectivity index (χ1) is 9.24. The van der Waals surface area contributed by atoms with Gasteiger partial charge in [-0.25, -0.2) is 0 Å². The highest BCUT2D eigenvalue weighted by Crippen LogP contribution is 2.33.